The first-order chi connectivity index (χ1) is 10.8. The molecule has 1 amide bonds. The highest BCUT2D eigenvalue weighted by Gasteiger charge is 2.17. The Bertz CT molecular complexity index is 503. The van der Waals surface area contributed by atoms with Crippen molar-refractivity contribution in [2.24, 2.45) is 5.73 Å². The maximum atomic E-state index is 11.7. The van der Waals surface area contributed by atoms with Crippen molar-refractivity contribution >= 4 is 22.1 Å². The number of nitrogens with one attached hydrogen (secondary N) is 1. The van der Waals surface area contributed by atoms with Crippen LogP contribution in [0.25, 0.3) is 0 Å². The summed E-state index contributed by atoms with van der Waals surface area (Å²) < 4.78 is 10.1. The number of amides is 1. The minimum Gasteiger partial charge on any atom is -0.464 e. The van der Waals surface area contributed by atoms with Crippen LogP contribution in [0.2, 0.25) is 0 Å². The van der Waals surface area contributed by atoms with Gasteiger partial charge in [-0.2, -0.15) is 0 Å². The van der Waals surface area contributed by atoms with Crippen molar-refractivity contribution < 1.29 is 19.1 Å². The zero-order chi connectivity index (χ0) is 17.3. The monoisotopic (exact) mass is 342 g/mol. The molecule has 0 aromatic heterocycles. The fourth-order valence-corrected chi connectivity index (χ4v) is 2.13. The molecule has 1 rings (SSSR count). The lowest BCUT2D eigenvalue weighted by molar-refractivity contribution is -0.144. The van der Waals surface area contributed by atoms with Gasteiger partial charge >= 0.3 is 12.1 Å². The summed E-state index contributed by atoms with van der Waals surface area (Å²) in [5.74, 6) is 0.315. The molecule has 0 unspecified atom stereocenters. The van der Waals surface area contributed by atoms with Crippen molar-refractivity contribution in [3.8, 4) is 0 Å². The summed E-state index contributed by atoms with van der Waals surface area (Å²) in [6.07, 6.45) is 5.82. The number of esters is 1. The van der Waals surface area contributed by atoms with E-state index in [9.17, 15) is 9.59 Å². The number of hydrogen-bond acceptors (Lipinski definition) is 5. The van der Waals surface area contributed by atoms with Crippen molar-refractivity contribution in [3.63, 3.8) is 0 Å². The molecule has 0 heterocycles. The molecule has 0 spiro atoms. The molecular weight excluding hydrogens is 316 g/mol. The van der Waals surface area contributed by atoms with E-state index in [0.717, 1.165) is 11.3 Å². The number of ether oxygens (including phenoxy) is 2. The van der Waals surface area contributed by atoms with E-state index in [0.29, 0.717) is 6.61 Å². The predicted molar refractivity (Wildman–Crippen MR) is 93.8 cm³/mol. The van der Waals surface area contributed by atoms with Gasteiger partial charge in [-0.1, -0.05) is 30.3 Å². The Kier molecular flexibility index (Phi) is 7.91. The van der Waals surface area contributed by atoms with Gasteiger partial charge in [-0.05, 0) is 24.3 Å². The second-order valence-corrected chi connectivity index (χ2v) is 10.6. The summed E-state index contributed by atoms with van der Waals surface area (Å²) in [6.45, 7) is 0.499. The molecule has 0 saturated carbocycles. The zero-order valence-electron chi connectivity index (χ0n) is 13.9. The van der Waals surface area contributed by atoms with E-state index in [4.69, 9.17) is 15.2 Å². The summed E-state index contributed by atoms with van der Waals surface area (Å²) in [5.41, 5.74) is 6.57. The average Bonchev–Trinajstić information content (AvgIpc) is 2.50. The smallest absolute Gasteiger partial charge is 0.407 e. The second kappa shape index (κ2) is 9.42. The molecule has 130 valence electrons. The summed E-state index contributed by atoms with van der Waals surface area (Å²) in [5, 5.41) is 2.46. The molecule has 0 bridgehead atoms. The van der Waals surface area contributed by atoms with Crippen molar-refractivity contribution in [1.29, 1.82) is 0 Å². The molecule has 0 aliphatic heterocycles. The van der Waals surface area contributed by atoms with Crippen LogP contribution >= 0.6 is 10.0 Å². The fourth-order valence-electron chi connectivity index (χ4n) is 1.55. The molecule has 3 N–H and O–H groups in total. The molecule has 0 saturated heterocycles. The van der Waals surface area contributed by atoms with E-state index >= 15 is 0 Å². The number of carbonyl (C=O) groups is 2. The van der Waals surface area contributed by atoms with Crippen molar-refractivity contribution in [3.05, 3.63) is 35.9 Å². The van der Waals surface area contributed by atoms with Crippen molar-refractivity contribution in [2.75, 3.05) is 37.7 Å². The molecule has 1 aromatic rings. The van der Waals surface area contributed by atoms with Gasteiger partial charge in [0.2, 0.25) is 0 Å². The highest BCUT2D eigenvalue weighted by atomic mass is 32.3. The van der Waals surface area contributed by atoms with Crippen LogP contribution in [0.3, 0.4) is 0 Å². The number of alkyl carbamates (subject to hydrolysis) is 1. The zero-order valence-corrected chi connectivity index (χ0v) is 14.7. The number of hydrogen-bond donors (Lipinski definition) is 2. The first kappa shape index (κ1) is 19.3. The van der Waals surface area contributed by atoms with Gasteiger partial charge in [0.05, 0.1) is 6.61 Å². The first-order valence-electron chi connectivity index (χ1n) is 7.31. The van der Waals surface area contributed by atoms with Gasteiger partial charge in [0.25, 0.3) is 0 Å². The molecule has 1 atom stereocenters. The number of benzene rings is 1. The maximum absolute atomic E-state index is 11.7. The summed E-state index contributed by atoms with van der Waals surface area (Å²) in [7, 11) is -0.713. The number of carbonyl (C=O) groups excluding carboxylic acids is 2. The molecule has 6 nitrogen and oxygen atoms in total. The minimum atomic E-state index is -0.894. The van der Waals surface area contributed by atoms with Gasteiger partial charge in [0.15, 0.2) is 0 Å². The molecule has 0 fully saturated rings. The van der Waals surface area contributed by atoms with Gasteiger partial charge in [-0.15, -0.1) is 0 Å². The predicted octanol–water partition coefficient (Wildman–Crippen LogP) is 1.48. The molecule has 0 radical (unpaired) electrons. The lowest BCUT2D eigenvalue weighted by Gasteiger charge is -2.24. The third-order valence-electron chi connectivity index (χ3n) is 2.92. The Morgan fingerprint density at radius 1 is 1.17 bits per heavy atom. The lowest BCUT2D eigenvalue weighted by atomic mass is 10.2. The van der Waals surface area contributed by atoms with Crippen LogP contribution < -0.4 is 11.1 Å². The van der Waals surface area contributed by atoms with Gasteiger partial charge in [-0.3, -0.25) is 4.79 Å². The largest absolute Gasteiger partial charge is 0.464 e. The van der Waals surface area contributed by atoms with Crippen LogP contribution in [0.4, 0.5) is 4.79 Å². The quantitative estimate of drug-likeness (QED) is 0.698. The lowest BCUT2D eigenvalue weighted by Crippen LogP contribution is -2.43. The van der Waals surface area contributed by atoms with Gasteiger partial charge in [-0.25, -0.2) is 14.8 Å². The standard InChI is InChI=1S/C16H26N2O4S/c1-23(2,3)10-9-21-15(19)14(17)11-18-16(20)22-12-13-7-5-4-6-8-13/h4-8,14H,9-12,17H2,1-3H3,(H,18,20)/t14-/m0/s1. The van der Waals surface area contributed by atoms with Crippen LogP contribution in [-0.4, -0.2) is 55.8 Å². The molecular formula is C16H26N2O4S. The molecule has 0 aliphatic rings. The van der Waals surface area contributed by atoms with E-state index in [1.165, 1.54) is 0 Å². The maximum Gasteiger partial charge on any atom is 0.407 e. The van der Waals surface area contributed by atoms with Crippen LogP contribution in [0.1, 0.15) is 5.56 Å². The van der Waals surface area contributed by atoms with E-state index in [1.54, 1.807) is 0 Å². The van der Waals surface area contributed by atoms with Crippen LogP contribution in [-0.2, 0) is 20.9 Å². The van der Waals surface area contributed by atoms with Crippen LogP contribution in [0, 0.1) is 0 Å². The van der Waals surface area contributed by atoms with E-state index in [1.807, 2.05) is 30.3 Å². The second-order valence-electron chi connectivity index (χ2n) is 6.01. The summed E-state index contributed by atoms with van der Waals surface area (Å²) in [6, 6.07) is 8.43. The van der Waals surface area contributed by atoms with E-state index in [2.05, 4.69) is 24.1 Å². The van der Waals surface area contributed by atoms with Gasteiger partial charge in [0, 0.05) is 12.3 Å². The van der Waals surface area contributed by atoms with E-state index < -0.39 is 28.1 Å². The SMILES string of the molecule is CS(C)(C)CCOC(=O)[C@@H](N)CNC(=O)OCc1ccccc1. The number of nitrogens with two attached hydrogens (primary N) is 1. The highest BCUT2D eigenvalue weighted by molar-refractivity contribution is 8.32. The van der Waals surface area contributed by atoms with Crippen LogP contribution in [0.15, 0.2) is 30.3 Å². The average molecular weight is 342 g/mol. The van der Waals surface area contributed by atoms with E-state index in [-0.39, 0.29) is 13.2 Å². The number of rotatable bonds is 8. The first-order valence-corrected chi connectivity index (χ1v) is 10.3. The highest BCUT2D eigenvalue weighted by Crippen LogP contribution is 2.33. The Labute approximate surface area is 139 Å². The molecule has 23 heavy (non-hydrogen) atoms. The van der Waals surface area contributed by atoms with Gasteiger partial charge in [0.1, 0.15) is 12.6 Å². The third-order valence-corrected chi connectivity index (χ3v) is 4.31. The Balaban J connectivity index is 2.20. The Morgan fingerprint density at radius 2 is 1.83 bits per heavy atom. The minimum absolute atomic E-state index is 0.0190. The Hall–Kier alpha value is -1.73. The molecule has 0 aliphatic carbocycles. The Morgan fingerprint density at radius 3 is 2.43 bits per heavy atom. The summed E-state index contributed by atoms with van der Waals surface area (Å²) in [4.78, 5) is 23.2. The normalized spacial score (nSPS) is 13.0. The molecule has 1 aromatic carbocycles. The molecule has 7 heteroatoms. The summed E-state index contributed by atoms with van der Waals surface area (Å²) >= 11 is 0. The van der Waals surface area contributed by atoms with Crippen molar-refractivity contribution in [2.45, 2.75) is 12.6 Å². The van der Waals surface area contributed by atoms with Crippen LogP contribution in [0.5, 0.6) is 0 Å². The fraction of sp³-hybridized carbons (Fsp3) is 0.500. The van der Waals surface area contributed by atoms with Gasteiger partial charge < -0.3 is 20.5 Å². The third kappa shape index (κ3) is 9.10. The topological polar surface area (TPSA) is 90.6 Å². The van der Waals surface area contributed by atoms with Crippen molar-refractivity contribution in [1.82, 2.24) is 5.32 Å².